The van der Waals surface area contributed by atoms with Gasteiger partial charge >= 0.3 is 0 Å². The predicted molar refractivity (Wildman–Crippen MR) is 68.8 cm³/mol. The van der Waals surface area contributed by atoms with Crippen LogP contribution >= 0.6 is 15.9 Å². The largest absolute Gasteiger partial charge is 0.346 e. The number of halogens is 3. The molecule has 1 aromatic rings. The number of rotatable bonds is 3. The third-order valence-electron chi connectivity index (χ3n) is 3.37. The number of carbonyl (C=O) groups is 1. The van der Waals surface area contributed by atoms with Gasteiger partial charge in [0.15, 0.2) is 0 Å². The van der Waals surface area contributed by atoms with Crippen LogP contribution in [0.5, 0.6) is 0 Å². The normalized spacial score (nSPS) is 17.7. The molecule has 0 unspecified atom stereocenters. The van der Waals surface area contributed by atoms with Gasteiger partial charge in [-0.15, -0.1) is 0 Å². The Balaban J connectivity index is 2.16. The van der Waals surface area contributed by atoms with E-state index in [1.54, 1.807) is 0 Å². The number of nitrogens with one attached hydrogen (secondary N) is 1. The molecule has 1 fully saturated rings. The Kier molecular flexibility index (Phi) is 4.00. The maximum atomic E-state index is 13.5. The van der Waals surface area contributed by atoms with Crippen molar-refractivity contribution in [3.63, 3.8) is 0 Å². The number of hydrogen-bond acceptors (Lipinski definition) is 1. The summed E-state index contributed by atoms with van der Waals surface area (Å²) < 4.78 is 26.3. The Hall–Kier alpha value is -0.970. The van der Waals surface area contributed by atoms with Gasteiger partial charge in [0.05, 0.1) is 11.1 Å². The lowest BCUT2D eigenvalue weighted by molar-refractivity contribution is 0.0906. The van der Waals surface area contributed by atoms with Gasteiger partial charge in [-0.3, -0.25) is 4.79 Å². The van der Waals surface area contributed by atoms with Gasteiger partial charge in [0.2, 0.25) is 0 Å². The zero-order valence-electron chi connectivity index (χ0n) is 9.81. The van der Waals surface area contributed by atoms with Crippen LogP contribution < -0.4 is 5.32 Å². The lowest BCUT2D eigenvalue weighted by Gasteiger charge is -2.28. The highest BCUT2D eigenvalue weighted by atomic mass is 79.9. The monoisotopic (exact) mass is 317 g/mol. The molecule has 2 nitrogen and oxygen atoms in total. The number of alkyl halides is 1. The highest BCUT2D eigenvalue weighted by molar-refractivity contribution is 9.09. The molecule has 1 saturated carbocycles. The summed E-state index contributed by atoms with van der Waals surface area (Å²) in [5, 5.41) is 3.52. The van der Waals surface area contributed by atoms with E-state index in [0.717, 1.165) is 37.8 Å². The molecule has 1 N–H and O–H groups in total. The topological polar surface area (TPSA) is 29.1 Å². The van der Waals surface area contributed by atoms with Crippen LogP contribution in [0, 0.1) is 11.6 Å². The minimum absolute atomic E-state index is 0.108. The van der Waals surface area contributed by atoms with Crippen molar-refractivity contribution in [1.29, 1.82) is 0 Å². The van der Waals surface area contributed by atoms with Crippen molar-refractivity contribution in [2.75, 3.05) is 5.33 Å². The van der Waals surface area contributed by atoms with Gasteiger partial charge in [-0.05, 0) is 25.0 Å². The van der Waals surface area contributed by atoms with Crippen molar-refractivity contribution in [2.24, 2.45) is 0 Å². The van der Waals surface area contributed by atoms with Crippen molar-refractivity contribution in [1.82, 2.24) is 5.32 Å². The van der Waals surface area contributed by atoms with Gasteiger partial charge in [-0.2, -0.15) is 0 Å². The van der Waals surface area contributed by atoms with Crippen molar-refractivity contribution in [3.8, 4) is 0 Å². The molecule has 1 aliphatic rings. The van der Waals surface area contributed by atoms with E-state index in [9.17, 15) is 13.6 Å². The first kappa shape index (κ1) is 13.5. The molecule has 0 aliphatic heterocycles. The molecule has 0 spiro atoms. The van der Waals surface area contributed by atoms with Crippen molar-refractivity contribution >= 4 is 21.8 Å². The van der Waals surface area contributed by atoms with Crippen molar-refractivity contribution < 1.29 is 13.6 Å². The molecule has 0 radical (unpaired) electrons. The SMILES string of the molecule is O=C(NC1(CBr)CCCC1)c1ccc(F)cc1F. The lowest BCUT2D eigenvalue weighted by atomic mass is 10.00. The molecule has 0 bridgehead atoms. The van der Waals surface area contributed by atoms with Crippen molar-refractivity contribution in [3.05, 3.63) is 35.4 Å². The molecule has 0 aromatic heterocycles. The minimum atomic E-state index is -0.824. The Morgan fingerprint density at radius 3 is 2.56 bits per heavy atom. The molecule has 0 heterocycles. The number of benzene rings is 1. The van der Waals surface area contributed by atoms with E-state index in [2.05, 4.69) is 21.2 Å². The molecule has 1 aliphatic carbocycles. The fourth-order valence-electron chi connectivity index (χ4n) is 2.33. The Labute approximate surface area is 113 Å². The van der Waals surface area contributed by atoms with Gasteiger partial charge in [-0.1, -0.05) is 28.8 Å². The van der Waals surface area contributed by atoms with Gasteiger partial charge in [0.1, 0.15) is 11.6 Å². The zero-order chi connectivity index (χ0) is 13.2. The van der Waals surface area contributed by atoms with E-state index in [1.165, 1.54) is 6.07 Å². The van der Waals surface area contributed by atoms with Crippen LogP contribution in [0.4, 0.5) is 8.78 Å². The quantitative estimate of drug-likeness (QED) is 0.850. The molecule has 98 valence electrons. The fraction of sp³-hybridized carbons (Fsp3) is 0.462. The second kappa shape index (κ2) is 5.34. The number of carbonyl (C=O) groups excluding carboxylic acids is 1. The minimum Gasteiger partial charge on any atom is -0.346 e. The van der Waals surface area contributed by atoms with Gasteiger partial charge in [0.25, 0.3) is 5.91 Å². The Bertz CT molecular complexity index is 458. The standard InChI is InChI=1S/C13H14BrF2NO/c14-8-13(5-1-2-6-13)17-12(18)10-4-3-9(15)7-11(10)16/h3-4,7H,1-2,5-6,8H2,(H,17,18). The van der Waals surface area contributed by atoms with Crippen LogP contribution in [-0.4, -0.2) is 16.8 Å². The van der Waals surface area contributed by atoms with Crippen LogP contribution in [0.25, 0.3) is 0 Å². The van der Waals surface area contributed by atoms with Gasteiger partial charge in [-0.25, -0.2) is 8.78 Å². The first-order valence-corrected chi connectivity index (χ1v) is 7.02. The van der Waals surface area contributed by atoms with Crippen LogP contribution in [0.3, 0.4) is 0 Å². The van der Waals surface area contributed by atoms with Crippen LogP contribution in [0.1, 0.15) is 36.0 Å². The van der Waals surface area contributed by atoms with Crippen LogP contribution in [-0.2, 0) is 0 Å². The van der Waals surface area contributed by atoms with Crippen LogP contribution in [0.15, 0.2) is 18.2 Å². The summed E-state index contributed by atoms with van der Waals surface area (Å²) in [6, 6.07) is 2.99. The fourth-order valence-corrected chi connectivity index (χ4v) is 3.03. The van der Waals surface area contributed by atoms with Crippen LogP contribution in [0.2, 0.25) is 0 Å². The molecule has 2 rings (SSSR count). The first-order chi connectivity index (χ1) is 8.56. The maximum Gasteiger partial charge on any atom is 0.254 e. The van der Waals surface area contributed by atoms with E-state index in [1.807, 2.05) is 0 Å². The van der Waals surface area contributed by atoms with E-state index >= 15 is 0 Å². The summed E-state index contributed by atoms with van der Waals surface area (Å²) in [4.78, 5) is 12.0. The summed E-state index contributed by atoms with van der Waals surface area (Å²) in [5.41, 5.74) is -0.401. The average molecular weight is 318 g/mol. The highest BCUT2D eigenvalue weighted by Gasteiger charge is 2.34. The van der Waals surface area contributed by atoms with E-state index in [0.29, 0.717) is 5.33 Å². The number of amides is 1. The van der Waals surface area contributed by atoms with E-state index in [4.69, 9.17) is 0 Å². The van der Waals surface area contributed by atoms with E-state index < -0.39 is 17.5 Å². The molecule has 1 amide bonds. The molecule has 5 heteroatoms. The van der Waals surface area contributed by atoms with Gasteiger partial charge < -0.3 is 5.32 Å². The third kappa shape index (κ3) is 2.71. The Morgan fingerprint density at radius 1 is 1.33 bits per heavy atom. The molecular formula is C13H14BrF2NO. The smallest absolute Gasteiger partial charge is 0.254 e. The summed E-state index contributed by atoms with van der Waals surface area (Å²) in [6.07, 6.45) is 3.87. The second-order valence-corrected chi connectivity index (χ2v) is 5.26. The lowest BCUT2D eigenvalue weighted by Crippen LogP contribution is -2.48. The zero-order valence-corrected chi connectivity index (χ0v) is 11.4. The molecule has 0 saturated heterocycles. The maximum absolute atomic E-state index is 13.5. The summed E-state index contributed by atoms with van der Waals surface area (Å²) >= 11 is 3.40. The number of hydrogen-bond donors (Lipinski definition) is 1. The summed E-state index contributed by atoms with van der Waals surface area (Å²) in [6.45, 7) is 0. The Morgan fingerprint density at radius 2 is 2.00 bits per heavy atom. The molecule has 0 atom stereocenters. The van der Waals surface area contributed by atoms with E-state index in [-0.39, 0.29) is 11.1 Å². The average Bonchev–Trinajstić information content (AvgIpc) is 2.78. The molecular weight excluding hydrogens is 304 g/mol. The third-order valence-corrected chi connectivity index (χ3v) is 4.44. The van der Waals surface area contributed by atoms with Crippen molar-refractivity contribution in [2.45, 2.75) is 31.2 Å². The molecule has 1 aromatic carbocycles. The summed E-state index contributed by atoms with van der Waals surface area (Å²) in [7, 11) is 0. The predicted octanol–water partition coefficient (Wildman–Crippen LogP) is 3.40. The second-order valence-electron chi connectivity index (χ2n) is 4.70. The summed E-state index contributed by atoms with van der Waals surface area (Å²) in [5.74, 6) is -1.98. The molecule has 18 heavy (non-hydrogen) atoms. The highest BCUT2D eigenvalue weighted by Crippen LogP contribution is 2.31. The first-order valence-electron chi connectivity index (χ1n) is 5.90. The van der Waals surface area contributed by atoms with Gasteiger partial charge in [0, 0.05) is 11.4 Å².